The molecule has 0 heterocycles. The molecule has 0 aromatic rings. The Kier molecular flexibility index (Phi) is 7.51. The molecule has 0 amide bonds. The predicted molar refractivity (Wildman–Crippen MR) is 107 cm³/mol. The molecule has 0 spiro atoms. The first kappa shape index (κ1) is 20.3. The molecule has 1 N–H and O–H groups in total. The summed E-state index contributed by atoms with van der Waals surface area (Å²) in [4.78, 5) is 0. The van der Waals surface area contributed by atoms with Gasteiger partial charge in [-0.25, -0.2) is 0 Å². The van der Waals surface area contributed by atoms with Crippen LogP contribution in [0.1, 0.15) is 71.1 Å². The Morgan fingerprint density at radius 2 is 1.88 bits per heavy atom. The van der Waals surface area contributed by atoms with E-state index in [4.69, 9.17) is 21.8 Å². The number of rotatable bonds is 6. The minimum Gasteiger partial charge on any atom is -0.391 e. The lowest BCUT2D eigenvalue weighted by Crippen LogP contribution is -2.47. The van der Waals surface area contributed by atoms with Crippen molar-refractivity contribution in [1.29, 1.82) is 0 Å². The van der Waals surface area contributed by atoms with Crippen molar-refractivity contribution in [3.8, 4) is 0 Å². The van der Waals surface area contributed by atoms with Gasteiger partial charge < -0.3 is 16.7 Å². The molecule has 0 aromatic heterocycles. The van der Waals surface area contributed by atoms with E-state index in [1.165, 1.54) is 44.9 Å². The third kappa shape index (κ3) is 4.67. The summed E-state index contributed by atoms with van der Waals surface area (Å²) in [5.74, 6) is 3.45. The fraction of sp³-hybridized carbons (Fsp3) is 0.905. The van der Waals surface area contributed by atoms with Gasteiger partial charge in [0.2, 0.25) is 0 Å². The van der Waals surface area contributed by atoms with Crippen LogP contribution in [0.5, 0.6) is 0 Å². The topological polar surface area (TPSA) is 48.0 Å². The van der Waals surface area contributed by atoms with Gasteiger partial charge in [-0.2, -0.15) is 16.1 Å². The van der Waals surface area contributed by atoms with Crippen molar-refractivity contribution in [3.63, 3.8) is 0 Å². The Balaban J connectivity index is 1.69. The summed E-state index contributed by atoms with van der Waals surface area (Å²) in [7, 11) is 0. The van der Waals surface area contributed by atoms with Crippen molar-refractivity contribution in [2.24, 2.45) is 28.0 Å². The smallest absolute Gasteiger partial charge is 0.149 e. The summed E-state index contributed by atoms with van der Waals surface area (Å²) in [5, 5.41) is 20.3. The third-order valence-corrected chi connectivity index (χ3v) is 7.39. The van der Waals surface area contributed by atoms with Gasteiger partial charge in [0, 0.05) is 19.4 Å². The van der Waals surface area contributed by atoms with Gasteiger partial charge in [0.25, 0.3) is 0 Å². The number of azo groups is 1. The molecule has 3 fully saturated rings. The zero-order valence-corrected chi connectivity index (χ0v) is 17.0. The molecule has 3 aliphatic carbocycles. The van der Waals surface area contributed by atoms with Gasteiger partial charge in [-0.05, 0) is 49.9 Å². The molecule has 26 heavy (non-hydrogen) atoms. The van der Waals surface area contributed by atoms with Gasteiger partial charge in [-0.15, -0.1) is 0 Å². The predicted octanol–water partition coefficient (Wildman–Crippen LogP) is 4.83. The average Bonchev–Trinajstić information content (AvgIpc) is 2.67. The summed E-state index contributed by atoms with van der Waals surface area (Å²) in [5.41, 5.74) is 0. The largest absolute Gasteiger partial charge is 0.391 e. The first-order valence-electron chi connectivity index (χ1n) is 10.7. The zero-order valence-electron chi connectivity index (χ0n) is 16.3. The van der Waals surface area contributed by atoms with Crippen LogP contribution in [0, 0.1) is 23.6 Å². The average molecular weight is 382 g/mol. The lowest BCUT2D eigenvalue weighted by molar-refractivity contribution is -0.557. The van der Waals surface area contributed by atoms with Gasteiger partial charge in [0.15, 0.2) is 0 Å². The highest BCUT2D eigenvalue weighted by atomic mass is 35.5. The summed E-state index contributed by atoms with van der Waals surface area (Å²) >= 11 is 5.79. The molecule has 0 aliphatic heterocycles. The Hall–Kier alpha value is -0.480. The van der Waals surface area contributed by atoms with E-state index in [1.807, 2.05) is 0 Å². The highest BCUT2D eigenvalue weighted by Crippen LogP contribution is 2.43. The Labute approximate surface area is 164 Å². The van der Waals surface area contributed by atoms with Crippen molar-refractivity contribution in [2.45, 2.75) is 95.4 Å². The number of aliphatic hydroxyl groups is 1. The first-order valence-corrected chi connectivity index (χ1v) is 11.1. The monoisotopic (exact) mass is 381 g/mol. The lowest BCUT2D eigenvalue weighted by atomic mass is 9.66. The normalized spacial score (nSPS) is 41.1. The van der Waals surface area contributed by atoms with Crippen LogP contribution in [0.3, 0.4) is 0 Å². The fourth-order valence-corrected chi connectivity index (χ4v) is 5.75. The Morgan fingerprint density at radius 3 is 2.65 bits per heavy atom. The van der Waals surface area contributed by atoms with Gasteiger partial charge in [-0.1, -0.05) is 26.2 Å². The van der Waals surface area contributed by atoms with Crippen LogP contribution in [0.25, 0.3) is 0 Å². The quantitative estimate of drug-likeness (QED) is 0.304. The number of aliphatic hydroxyl groups excluding tert-OH is 1. The van der Waals surface area contributed by atoms with E-state index in [-0.39, 0.29) is 12.1 Å². The van der Waals surface area contributed by atoms with Crippen LogP contribution in [0.4, 0.5) is 0 Å². The van der Waals surface area contributed by atoms with Crippen molar-refractivity contribution in [3.05, 3.63) is 5.88 Å². The molecule has 7 atom stereocenters. The molecule has 0 bridgehead atoms. The molecule has 0 saturated heterocycles. The zero-order chi connectivity index (χ0) is 18.5. The number of halogens is 1. The van der Waals surface area contributed by atoms with Crippen LogP contribution >= 0.6 is 11.6 Å². The maximum Gasteiger partial charge on any atom is 0.149 e. The molecule has 4 nitrogen and oxygen atoms in total. The molecule has 0 radical (unpaired) electrons. The molecule has 3 aliphatic rings. The van der Waals surface area contributed by atoms with E-state index in [9.17, 15) is 5.11 Å². The van der Waals surface area contributed by atoms with Gasteiger partial charge in [0.05, 0.1) is 18.2 Å². The van der Waals surface area contributed by atoms with Crippen LogP contribution in [-0.2, 0) is 0 Å². The summed E-state index contributed by atoms with van der Waals surface area (Å²) in [6.45, 7) is 7.15. The summed E-state index contributed by atoms with van der Waals surface area (Å²) < 4.78 is 2.10. The molecule has 7 unspecified atom stereocenters. The van der Waals surface area contributed by atoms with Crippen LogP contribution in [-0.4, -0.2) is 47.2 Å². The van der Waals surface area contributed by atoms with Gasteiger partial charge in [0.1, 0.15) is 12.8 Å². The van der Waals surface area contributed by atoms with Gasteiger partial charge in [-0.3, -0.25) is 4.58 Å². The van der Waals surface area contributed by atoms with Crippen molar-refractivity contribution in [1.82, 2.24) is 0 Å². The maximum atomic E-state index is 10.7. The second kappa shape index (κ2) is 9.64. The fourth-order valence-electron chi connectivity index (χ4n) is 5.57. The van der Waals surface area contributed by atoms with Crippen LogP contribution in [0.15, 0.2) is 10.2 Å². The number of hydrogen-bond acceptors (Lipinski definition) is 3. The molecular weight excluding hydrogens is 346 g/mol. The Morgan fingerprint density at radius 1 is 1.12 bits per heavy atom. The minimum absolute atomic E-state index is 0.0237. The second-order valence-electron chi connectivity index (χ2n) is 8.70. The first-order chi connectivity index (χ1) is 12.6. The number of nitrogens with zero attached hydrogens (tertiary/aromatic N) is 3. The molecular formula is C21H36ClN3O. The Bertz CT molecular complexity index is 498. The summed E-state index contributed by atoms with van der Waals surface area (Å²) in [6, 6.07) is 0.785. The van der Waals surface area contributed by atoms with Crippen LogP contribution < -0.4 is 0 Å². The SMILES string of the molecule is C=[N+](C[CH-]Cl)C1CCC2CCC(O)C(N=NC3CCCCC3CC)C2C1. The van der Waals surface area contributed by atoms with Crippen molar-refractivity contribution >= 4 is 18.3 Å². The van der Waals surface area contributed by atoms with E-state index in [0.29, 0.717) is 36.4 Å². The highest BCUT2D eigenvalue weighted by Gasteiger charge is 2.44. The molecule has 5 heteroatoms. The van der Waals surface area contributed by atoms with Crippen molar-refractivity contribution in [2.75, 3.05) is 6.54 Å². The third-order valence-electron chi connectivity index (χ3n) is 7.25. The lowest BCUT2D eigenvalue weighted by Gasteiger charge is -2.43. The molecule has 3 rings (SSSR count). The highest BCUT2D eigenvalue weighted by molar-refractivity contribution is 6.23. The molecule has 3 saturated carbocycles. The maximum absolute atomic E-state index is 10.7. The van der Waals surface area contributed by atoms with Crippen LogP contribution in [0.2, 0.25) is 0 Å². The van der Waals surface area contributed by atoms with E-state index < -0.39 is 0 Å². The van der Waals surface area contributed by atoms with Crippen molar-refractivity contribution < 1.29 is 9.68 Å². The van der Waals surface area contributed by atoms with E-state index in [2.05, 4.69) is 18.2 Å². The second-order valence-corrected chi connectivity index (χ2v) is 9.01. The van der Waals surface area contributed by atoms with Gasteiger partial charge >= 0.3 is 0 Å². The summed E-state index contributed by atoms with van der Waals surface area (Å²) in [6.07, 6.45) is 11.4. The molecule has 0 aromatic carbocycles. The van der Waals surface area contributed by atoms with E-state index in [0.717, 1.165) is 19.3 Å². The standard InChI is InChI=1S/C21H36ClN3O/c1-3-15-6-4-5-7-19(15)23-24-21-18-14-17(25(2)13-12-22)10-8-16(18)9-11-20(21)26/h12,15-21,26H,2-11,13-14H2,1H3. The van der Waals surface area contributed by atoms with E-state index in [1.54, 1.807) is 5.88 Å². The molecule has 148 valence electrons. The number of hydrogen-bond donors (Lipinski definition) is 1. The van der Waals surface area contributed by atoms with E-state index >= 15 is 0 Å². The number of fused-ring (bicyclic) bond motifs is 1. The minimum atomic E-state index is -0.333.